The van der Waals surface area contributed by atoms with Crippen molar-refractivity contribution in [3.8, 4) is 0 Å². The Labute approximate surface area is 95.1 Å². The fourth-order valence-electron chi connectivity index (χ4n) is 1.59. The van der Waals surface area contributed by atoms with Gasteiger partial charge in [0.05, 0.1) is 5.69 Å². The number of thiocarbonyl (C=S) groups is 1. The summed E-state index contributed by atoms with van der Waals surface area (Å²) in [4.78, 5) is 4.67. The van der Waals surface area contributed by atoms with E-state index in [0.717, 1.165) is 24.2 Å². The quantitative estimate of drug-likeness (QED) is 0.761. The van der Waals surface area contributed by atoms with Gasteiger partial charge in [-0.2, -0.15) is 0 Å². The Morgan fingerprint density at radius 3 is 3.00 bits per heavy atom. The van der Waals surface area contributed by atoms with Crippen molar-refractivity contribution in [3.63, 3.8) is 0 Å². The lowest BCUT2D eigenvalue weighted by atomic mass is 10.3. The molecule has 80 valence electrons. The predicted octanol–water partition coefficient (Wildman–Crippen LogP) is 1.78. The second kappa shape index (κ2) is 4.14. The van der Waals surface area contributed by atoms with E-state index in [4.69, 9.17) is 18.0 Å². The van der Waals surface area contributed by atoms with E-state index in [1.165, 1.54) is 6.42 Å². The van der Waals surface area contributed by atoms with Crippen molar-refractivity contribution in [1.82, 2.24) is 4.98 Å². The zero-order valence-corrected chi connectivity index (χ0v) is 9.55. The zero-order valence-electron chi connectivity index (χ0n) is 8.73. The van der Waals surface area contributed by atoms with Crippen molar-refractivity contribution in [2.45, 2.75) is 13.3 Å². The Morgan fingerprint density at radius 1 is 1.67 bits per heavy atom. The summed E-state index contributed by atoms with van der Waals surface area (Å²) >= 11 is 4.88. The zero-order chi connectivity index (χ0) is 10.8. The van der Waals surface area contributed by atoms with Crippen LogP contribution in [0.3, 0.4) is 0 Å². The first-order valence-electron chi connectivity index (χ1n) is 5.17. The molecule has 1 aromatic rings. The molecule has 0 saturated heterocycles. The van der Waals surface area contributed by atoms with Crippen molar-refractivity contribution >= 4 is 23.0 Å². The molecule has 3 nitrogen and oxygen atoms in total. The summed E-state index contributed by atoms with van der Waals surface area (Å²) < 4.78 is 0. The van der Waals surface area contributed by atoms with Gasteiger partial charge in [0.15, 0.2) is 0 Å². The maximum absolute atomic E-state index is 5.51. The van der Waals surface area contributed by atoms with Crippen LogP contribution in [-0.4, -0.2) is 16.5 Å². The third kappa shape index (κ3) is 2.65. The average Bonchev–Trinajstić information content (AvgIpc) is 2.92. The van der Waals surface area contributed by atoms with Gasteiger partial charge in [0, 0.05) is 6.54 Å². The Balaban J connectivity index is 1.95. The van der Waals surface area contributed by atoms with Crippen molar-refractivity contribution in [1.29, 1.82) is 0 Å². The van der Waals surface area contributed by atoms with Crippen LogP contribution < -0.4 is 11.1 Å². The fourth-order valence-corrected chi connectivity index (χ4v) is 1.70. The van der Waals surface area contributed by atoms with Crippen LogP contribution in [-0.2, 0) is 0 Å². The highest BCUT2D eigenvalue weighted by atomic mass is 32.1. The third-order valence-corrected chi connectivity index (χ3v) is 3.03. The van der Waals surface area contributed by atoms with Gasteiger partial charge in [0.2, 0.25) is 0 Å². The van der Waals surface area contributed by atoms with Gasteiger partial charge in [-0.05, 0) is 30.4 Å². The minimum Gasteiger partial charge on any atom is -0.388 e. The number of aromatic nitrogens is 1. The topological polar surface area (TPSA) is 50.9 Å². The molecule has 1 saturated carbocycles. The summed E-state index contributed by atoms with van der Waals surface area (Å²) in [5, 5.41) is 3.31. The monoisotopic (exact) mass is 221 g/mol. The SMILES string of the molecule is CC1CC1CNc1cccc(C(N)=S)n1. The van der Waals surface area contributed by atoms with Crippen LogP contribution in [0.15, 0.2) is 18.2 Å². The van der Waals surface area contributed by atoms with E-state index in [1.807, 2.05) is 18.2 Å². The molecule has 2 atom stereocenters. The Kier molecular flexibility index (Phi) is 2.86. The number of rotatable bonds is 4. The van der Waals surface area contributed by atoms with E-state index in [1.54, 1.807) is 0 Å². The van der Waals surface area contributed by atoms with Crippen LogP contribution in [0.4, 0.5) is 5.82 Å². The van der Waals surface area contributed by atoms with Crippen molar-refractivity contribution in [2.75, 3.05) is 11.9 Å². The molecule has 1 aliphatic carbocycles. The largest absolute Gasteiger partial charge is 0.388 e. The molecular formula is C11H15N3S. The normalized spacial score (nSPS) is 23.5. The molecule has 0 aromatic carbocycles. The highest BCUT2D eigenvalue weighted by Gasteiger charge is 2.31. The number of nitrogens with two attached hydrogens (primary N) is 1. The molecule has 4 heteroatoms. The minimum atomic E-state index is 0.346. The molecule has 0 spiro atoms. The molecule has 0 bridgehead atoms. The average molecular weight is 221 g/mol. The minimum absolute atomic E-state index is 0.346. The van der Waals surface area contributed by atoms with Gasteiger partial charge in [-0.1, -0.05) is 25.2 Å². The van der Waals surface area contributed by atoms with Gasteiger partial charge in [-0.25, -0.2) is 4.98 Å². The molecule has 15 heavy (non-hydrogen) atoms. The molecule has 1 aliphatic rings. The van der Waals surface area contributed by atoms with E-state index in [-0.39, 0.29) is 0 Å². The highest BCUT2D eigenvalue weighted by molar-refractivity contribution is 7.80. The number of hydrogen-bond donors (Lipinski definition) is 2. The van der Waals surface area contributed by atoms with E-state index in [9.17, 15) is 0 Å². The number of pyridine rings is 1. The lowest BCUT2D eigenvalue weighted by Crippen LogP contribution is -2.13. The first kappa shape index (κ1) is 10.4. The van der Waals surface area contributed by atoms with E-state index in [0.29, 0.717) is 10.7 Å². The Morgan fingerprint density at radius 2 is 2.40 bits per heavy atom. The second-order valence-electron chi connectivity index (χ2n) is 4.13. The number of hydrogen-bond acceptors (Lipinski definition) is 3. The van der Waals surface area contributed by atoms with Crippen molar-refractivity contribution in [3.05, 3.63) is 23.9 Å². The van der Waals surface area contributed by atoms with Crippen LogP contribution >= 0.6 is 12.2 Å². The molecule has 3 N–H and O–H groups in total. The molecule has 1 fully saturated rings. The summed E-state index contributed by atoms with van der Waals surface area (Å²) in [7, 11) is 0. The summed E-state index contributed by atoms with van der Waals surface area (Å²) in [5.74, 6) is 2.52. The smallest absolute Gasteiger partial charge is 0.126 e. The lowest BCUT2D eigenvalue weighted by Gasteiger charge is -2.05. The van der Waals surface area contributed by atoms with Crippen LogP contribution in [0, 0.1) is 11.8 Å². The summed E-state index contributed by atoms with van der Waals surface area (Å²) in [6.07, 6.45) is 1.32. The first-order chi connectivity index (χ1) is 7.16. The molecule has 1 heterocycles. The van der Waals surface area contributed by atoms with Gasteiger partial charge in [0.25, 0.3) is 0 Å². The Hall–Kier alpha value is -1.16. The van der Waals surface area contributed by atoms with Crippen LogP contribution in [0.2, 0.25) is 0 Å². The molecule has 2 rings (SSSR count). The molecule has 0 amide bonds. The number of anilines is 1. The number of nitrogens with one attached hydrogen (secondary N) is 1. The molecular weight excluding hydrogens is 206 g/mol. The molecule has 1 aromatic heterocycles. The molecule has 0 aliphatic heterocycles. The summed E-state index contributed by atoms with van der Waals surface area (Å²) in [6.45, 7) is 3.26. The van der Waals surface area contributed by atoms with Crippen molar-refractivity contribution < 1.29 is 0 Å². The van der Waals surface area contributed by atoms with Gasteiger partial charge in [-0.15, -0.1) is 0 Å². The van der Waals surface area contributed by atoms with Gasteiger partial charge < -0.3 is 11.1 Å². The molecule has 0 radical (unpaired) electrons. The summed E-state index contributed by atoms with van der Waals surface area (Å²) in [6, 6.07) is 5.68. The van der Waals surface area contributed by atoms with Crippen LogP contribution in [0.5, 0.6) is 0 Å². The highest BCUT2D eigenvalue weighted by Crippen LogP contribution is 2.37. The van der Waals surface area contributed by atoms with E-state index >= 15 is 0 Å². The maximum Gasteiger partial charge on any atom is 0.126 e. The predicted molar refractivity (Wildman–Crippen MR) is 65.9 cm³/mol. The van der Waals surface area contributed by atoms with Crippen LogP contribution in [0.25, 0.3) is 0 Å². The van der Waals surface area contributed by atoms with E-state index < -0.39 is 0 Å². The lowest BCUT2D eigenvalue weighted by molar-refractivity contribution is 0.784. The fraction of sp³-hybridized carbons (Fsp3) is 0.455. The second-order valence-corrected chi connectivity index (χ2v) is 4.57. The third-order valence-electron chi connectivity index (χ3n) is 2.82. The standard InChI is InChI=1S/C11H15N3S/c1-7-5-8(7)6-13-10-4-2-3-9(14-10)11(12)15/h2-4,7-8H,5-6H2,1H3,(H2,12,15)(H,13,14). The first-order valence-corrected chi connectivity index (χ1v) is 5.58. The van der Waals surface area contributed by atoms with E-state index in [2.05, 4.69) is 17.2 Å². The van der Waals surface area contributed by atoms with Gasteiger partial charge >= 0.3 is 0 Å². The van der Waals surface area contributed by atoms with Crippen molar-refractivity contribution in [2.24, 2.45) is 17.6 Å². The van der Waals surface area contributed by atoms with Gasteiger partial charge in [-0.3, -0.25) is 0 Å². The number of nitrogens with zero attached hydrogens (tertiary/aromatic N) is 1. The van der Waals surface area contributed by atoms with Gasteiger partial charge in [0.1, 0.15) is 10.8 Å². The van der Waals surface area contributed by atoms with Crippen LogP contribution in [0.1, 0.15) is 19.0 Å². The Bertz CT molecular complexity index is 378. The summed E-state index contributed by atoms with van der Waals surface area (Å²) in [5.41, 5.74) is 6.19. The molecule has 2 unspecified atom stereocenters. The maximum atomic E-state index is 5.51.